The molecule has 6 nitrogen and oxygen atoms in total. The topological polar surface area (TPSA) is 94.9 Å². The number of carbonyl (C=O) groups is 2. The van der Waals surface area contributed by atoms with Gasteiger partial charge in [-0.05, 0) is 54.6 Å². The Balaban J connectivity index is 1.73. The molecule has 0 radical (unpaired) electrons. The lowest BCUT2D eigenvalue weighted by atomic mass is 10.2. The van der Waals surface area contributed by atoms with Gasteiger partial charge in [0.05, 0.1) is 11.6 Å². The molecular formula is C20H13FN4O2. The summed E-state index contributed by atoms with van der Waals surface area (Å²) in [7, 11) is 0. The van der Waals surface area contributed by atoms with Crippen LogP contribution in [0.3, 0.4) is 0 Å². The summed E-state index contributed by atoms with van der Waals surface area (Å²) in [5, 5.41) is 14.0. The maximum atomic E-state index is 13.2. The number of nitrogens with one attached hydrogen (secondary N) is 2. The zero-order valence-corrected chi connectivity index (χ0v) is 13.9. The molecule has 2 aromatic carbocycles. The number of halogens is 1. The van der Waals surface area contributed by atoms with Crippen molar-refractivity contribution in [3.05, 3.63) is 89.5 Å². The van der Waals surface area contributed by atoms with Gasteiger partial charge in [0.2, 0.25) is 0 Å². The number of anilines is 2. The number of carbonyl (C=O) groups excluding carboxylic acids is 2. The summed E-state index contributed by atoms with van der Waals surface area (Å²) >= 11 is 0. The van der Waals surface area contributed by atoms with Gasteiger partial charge in [-0.2, -0.15) is 5.26 Å². The lowest BCUT2D eigenvalue weighted by Crippen LogP contribution is -2.17. The van der Waals surface area contributed by atoms with Crippen molar-refractivity contribution in [2.45, 2.75) is 0 Å². The average Bonchev–Trinajstić information content (AvgIpc) is 2.68. The minimum Gasteiger partial charge on any atom is -0.322 e. The number of benzene rings is 2. The number of nitriles is 1. The van der Waals surface area contributed by atoms with Crippen LogP contribution in [0.5, 0.6) is 0 Å². The van der Waals surface area contributed by atoms with Crippen LogP contribution < -0.4 is 10.6 Å². The zero-order chi connectivity index (χ0) is 19.2. The molecule has 2 N–H and O–H groups in total. The summed E-state index contributed by atoms with van der Waals surface area (Å²) in [5.74, 6) is -1.46. The highest BCUT2D eigenvalue weighted by atomic mass is 19.1. The Labute approximate surface area is 154 Å². The van der Waals surface area contributed by atoms with Gasteiger partial charge in [-0.25, -0.2) is 4.39 Å². The number of pyridine rings is 1. The second-order valence-corrected chi connectivity index (χ2v) is 5.54. The van der Waals surface area contributed by atoms with E-state index in [4.69, 9.17) is 5.26 Å². The predicted octanol–water partition coefficient (Wildman–Crippen LogP) is 3.60. The molecule has 3 rings (SSSR count). The van der Waals surface area contributed by atoms with Gasteiger partial charge in [-0.15, -0.1) is 0 Å². The average molecular weight is 360 g/mol. The summed E-state index contributed by atoms with van der Waals surface area (Å²) in [5.41, 5.74) is 1.53. The van der Waals surface area contributed by atoms with E-state index in [0.717, 1.165) is 0 Å². The largest absolute Gasteiger partial charge is 0.322 e. The molecule has 1 heterocycles. The van der Waals surface area contributed by atoms with Crippen LogP contribution in [0.1, 0.15) is 26.4 Å². The van der Waals surface area contributed by atoms with E-state index < -0.39 is 17.6 Å². The highest BCUT2D eigenvalue weighted by molar-refractivity contribution is 6.07. The molecule has 2 amide bonds. The van der Waals surface area contributed by atoms with Crippen LogP contribution in [0, 0.1) is 17.1 Å². The fourth-order valence-electron chi connectivity index (χ4n) is 2.29. The number of amides is 2. The third-order valence-electron chi connectivity index (χ3n) is 3.61. The van der Waals surface area contributed by atoms with Crippen molar-refractivity contribution in [1.82, 2.24) is 4.98 Å². The molecule has 0 aliphatic heterocycles. The van der Waals surface area contributed by atoms with Crippen molar-refractivity contribution in [3.8, 4) is 6.07 Å². The van der Waals surface area contributed by atoms with Crippen LogP contribution in [0.25, 0.3) is 0 Å². The van der Waals surface area contributed by atoms with Crippen molar-refractivity contribution in [2.24, 2.45) is 0 Å². The maximum Gasteiger partial charge on any atom is 0.274 e. The Morgan fingerprint density at radius 1 is 0.926 bits per heavy atom. The Morgan fingerprint density at radius 3 is 2.37 bits per heavy atom. The lowest BCUT2D eigenvalue weighted by molar-refractivity contribution is 0.102. The summed E-state index contributed by atoms with van der Waals surface area (Å²) in [6, 6.07) is 16.6. The molecule has 0 saturated carbocycles. The van der Waals surface area contributed by atoms with E-state index in [-0.39, 0.29) is 11.3 Å². The highest BCUT2D eigenvalue weighted by Crippen LogP contribution is 2.13. The summed E-state index contributed by atoms with van der Waals surface area (Å²) in [6.45, 7) is 0. The van der Waals surface area contributed by atoms with E-state index >= 15 is 0 Å². The normalized spacial score (nSPS) is 9.93. The van der Waals surface area contributed by atoms with Gasteiger partial charge < -0.3 is 10.6 Å². The first-order chi connectivity index (χ1) is 13.0. The first-order valence-electron chi connectivity index (χ1n) is 7.89. The molecule has 0 atom stereocenters. The first kappa shape index (κ1) is 17.8. The smallest absolute Gasteiger partial charge is 0.274 e. The Bertz CT molecular complexity index is 1040. The molecule has 1 aromatic heterocycles. The molecule has 0 bridgehead atoms. The van der Waals surface area contributed by atoms with E-state index in [1.54, 1.807) is 30.3 Å². The predicted molar refractivity (Wildman–Crippen MR) is 97.7 cm³/mol. The molecule has 0 fully saturated rings. The zero-order valence-electron chi connectivity index (χ0n) is 13.9. The number of aromatic nitrogens is 1. The maximum absolute atomic E-state index is 13.2. The first-order valence-corrected chi connectivity index (χ1v) is 7.89. The van der Waals surface area contributed by atoms with E-state index in [9.17, 15) is 14.0 Å². The Morgan fingerprint density at radius 2 is 1.67 bits per heavy atom. The fraction of sp³-hybridized carbons (Fsp3) is 0. The van der Waals surface area contributed by atoms with Crippen molar-refractivity contribution in [2.75, 3.05) is 10.6 Å². The van der Waals surface area contributed by atoms with E-state index in [0.29, 0.717) is 16.9 Å². The molecule has 0 unspecified atom stereocenters. The van der Waals surface area contributed by atoms with Gasteiger partial charge in [-0.3, -0.25) is 14.6 Å². The van der Waals surface area contributed by atoms with Crippen molar-refractivity contribution < 1.29 is 14.0 Å². The van der Waals surface area contributed by atoms with Crippen LogP contribution in [-0.2, 0) is 0 Å². The second-order valence-electron chi connectivity index (χ2n) is 5.54. The molecule has 132 valence electrons. The Kier molecular flexibility index (Phi) is 5.19. The number of nitrogens with zero attached hydrogens (tertiary/aromatic N) is 2. The van der Waals surface area contributed by atoms with Gasteiger partial charge in [0.25, 0.3) is 11.8 Å². The highest BCUT2D eigenvalue weighted by Gasteiger charge is 2.13. The van der Waals surface area contributed by atoms with Crippen molar-refractivity contribution in [1.29, 1.82) is 5.26 Å². The Hall–Kier alpha value is -4.05. The summed E-state index contributed by atoms with van der Waals surface area (Å²) in [4.78, 5) is 28.6. The molecule has 0 spiro atoms. The monoisotopic (exact) mass is 360 g/mol. The van der Waals surface area contributed by atoms with Gasteiger partial charge >= 0.3 is 0 Å². The van der Waals surface area contributed by atoms with Gasteiger partial charge in [0.1, 0.15) is 11.5 Å². The molecule has 27 heavy (non-hydrogen) atoms. The molecule has 0 aliphatic carbocycles. The quantitative estimate of drug-likeness (QED) is 0.743. The van der Waals surface area contributed by atoms with Gasteiger partial charge in [0, 0.05) is 23.1 Å². The number of hydrogen-bond acceptors (Lipinski definition) is 4. The van der Waals surface area contributed by atoms with Crippen molar-refractivity contribution in [3.63, 3.8) is 0 Å². The lowest BCUT2D eigenvalue weighted by Gasteiger charge is -2.08. The van der Waals surface area contributed by atoms with Crippen LogP contribution in [0.2, 0.25) is 0 Å². The minimum atomic E-state index is -0.500. The van der Waals surface area contributed by atoms with Gasteiger partial charge in [0.15, 0.2) is 0 Å². The molecular weight excluding hydrogens is 347 g/mol. The number of hydrogen-bond donors (Lipinski definition) is 2. The van der Waals surface area contributed by atoms with Gasteiger partial charge in [-0.1, -0.05) is 6.07 Å². The molecule has 0 saturated heterocycles. The molecule has 3 aromatic rings. The van der Waals surface area contributed by atoms with Crippen LogP contribution in [0.15, 0.2) is 66.9 Å². The van der Waals surface area contributed by atoms with E-state index in [1.165, 1.54) is 36.5 Å². The summed E-state index contributed by atoms with van der Waals surface area (Å²) < 4.78 is 13.2. The van der Waals surface area contributed by atoms with Crippen LogP contribution in [-0.4, -0.2) is 16.8 Å². The summed E-state index contributed by atoms with van der Waals surface area (Å²) in [6.07, 6.45) is 1.34. The fourth-order valence-corrected chi connectivity index (χ4v) is 2.29. The van der Waals surface area contributed by atoms with Crippen molar-refractivity contribution >= 4 is 23.2 Å². The third-order valence-corrected chi connectivity index (χ3v) is 3.61. The standard InChI is InChI=1S/C20H13FN4O2/c21-15-2-1-3-17(11-15)25-19(26)14-8-9-23-18(10-14)20(27)24-16-6-4-13(12-22)5-7-16/h1-11H,(H,24,27)(H,25,26). The molecule has 0 aliphatic rings. The minimum absolute atomic E-state index is 0.0475. The van der Waals surface area contributed by atoms with E-state index in [1.807, 2.05) is 6.07 Å². The SMILES string of the molecule is N#Cc1ccc(NC(=O)c2cc(C(=O)Nc3cccc(F)c3)ccn2)cc1. The van der Waals surface area contributed by atoms with Crippen LogP contribution in [0.4, 0.5) is 15.8 Å². The van der Waals surface area contributed by atoms with E-state index in [2.05, 4.69) is 15.6 Å². The molecule has 7 heteroatoms. The number of rotatable bonds is 4. The second kappa shape index (κ2) is 7.89. The van der Waals surface area contributed by atoms with Crippen LogP contribution >= 0.6 is 0 Å². The third kappa shape index (κ3) is 4.52.